The fourth-order valence-corrected chi connectivity index (χ4v) is 4.13. The molecule has 4 rings (SSSR count). The molecular formula is C22H24N4O3S. The van der Waals surface area contributed by atoms with E-state index in [4.69, 9.17) is 9.47 Å². The number of thiazole rings is 1. The van der Waals surface area contributed by atoms with Crippen molar-refractivity contribution in [3.8, 4) is 11.6 Å². The molecule has 8 heteroatoms. The number of hydrogen-bond donors (Lipinski definition) is 1. The van der Waals surface area contributed by atoms with Gasteiger partial charge in [-0.25, -0.2) is 9.97 Å². The number of benzene rings is 1. The second-order valence-electron chi connectivity index (χ2n) is 7.35. The summed E-state index contributed by atoms with van der Waals surface area (Å²) in [6, 6.07) is 12.8. The normalized spacial score (nSPS) is 19.4. The fraction of sp³-hybridized carbons (Fsp3) is 0.318. The van der Waals surface area contributed by atoms with Gasteiger partial charge < -0.3 is 9.47 Å². The molecule has 1 aromatic carbocycles. The molecule has 0 saturated carbocycles. The maximum absolute atomic E-state index is 12.5. The summed E-state index contributed by atoms with van der Waals surface area (Å²) in [5, 5.41) is 5.41. The zero-order valence-corrected chi connectivity index (χ0v) is 17.8. The number of carbonyl (C=O) groups excluding carboxylic acids is 1. The fourth-order valence-electron chi connectivity index (χ4n) is 3.43. The molecule has 7 nitrogen and oxygen atoms in total. The standard InChI is InChI=1S/C22H24N4O3S/c1-15-11-26(12-16(2)28-15)13-18-14-30-22(24-18)25-21(27)17-8-9-20(23-10-17)29-19-6-4-3-5-7-19/h3-10,14-16H,11-13H2,1-2H3,(H,24,25,27). The first-order valence-corrected chi connectivity index (χ1v) is 10.8. The lowest BCUT2D eigenvalue weighted by atomic mass is 10.2. The molecule has 2 atom stereocenters. The molecule has 1 aliphatic heterocycles. The van der Waals surface area contributed by atoms with Crippen LogP contribution in [0, 0.1) is 0 Å². The molecule has 1 N–H and O–H groups in total. The Morgan fingerprint density at radius 3 is 2.67 bits per heavy atom. The van der Waals surface area contributed by atoms with Crippen molar-refractivity contribution >= 4 is 22.4 Å². The maximum Gasteiger partial charge on any atom is 0.259 e. The minimum Gasteiger partial charge on any atom is -0.439 e. The van der Waals surface area contributed by atoms with Crippen molar-refractivity contribution in [1.82, 2.24) is 14.9 Å². The number of ether oxygens (including phenoxy) is 2. The SMILES string of the molecule is CC1CN(Cc2csc(NC(=O)c3ccc(Oc4ccccc4)nc3)n2)CC(C)O1. The zero-order chi connectivity index (χ0) is 20.9. The quantitative estimate of drug-likeness (QED) is 0.639. The molecular weight excluding hydrogens is 400 g/mol. The molecule has 3 aromatic rings. The number of nitrogens with one attached hydrogen (secondary N) is 1. The van der Waals surface area contributed by atoms with Crippen LogP contribution in [0.5, 0.6) is 11.6 Å². The number of anilines is 1. The molecule has 2 aromatic heterocycles. The van der Waals surface area contributed by atoms with Gasteiger partial charge in [-0.15, -0.1) is 11.3 Å². The van der Waals surface area contributed by atoms with Gasteiger partial charge >= 0.3 is 0 Å². The predicted octanol–water partition coefficient (Wildman–Crippen LogP) is 4.19. The first kappa shape index (κ1) is 20.5. The maximum atomic E-state index is 12.5. The van der Waals surface area contributed by atoms with Crippen molar-refractivity contribution in [3.05, 3.63) is 65.3 Å². The topological polar surface area (TPSA) is 76.6 Å². The predicted molar refractivity (Wildman–Crippen MR) is 116 cm³/mol. The summed E-state index contributed by atoms with van der Waals surface area (Å²) in [5.74, 6) is 0.883. The van der Waals surface area contributed by atoms with Crippen LogP contribution in [0.4, 0.5) is 5.13 Å². The highest BCUT2D eigenvalue weighted by Crippen LogP contribution is 2.21. The summed E-state index contributed by atoms with van der Waals surface area (Å²) < 4.78 is 11.4. The monoisotopic (exact) mass is 424 g/mol. The van der Waals surface area contributed by atoms with Gasteiger partial charge in [0, 0.05) is 37.3 Å². The molecule has 0 aliphatic carbocycles. The van der Waals surface area contributed by atoms with Gasteiger partial charge in [-0.05, 0) is 32.0 Å². The molecule has 0 radical (unpaired) electrons. The van der Waals surface area contributed by atoms with Crippen LogP contribution in [0.2, 0.25) is 0 Å². The van der Waals surface area contributed by atoms with Gasteiger partial charge in [0.25, 0.3) is 5.91 Å². The van der Waals surface area contributed by atoms with E-state index in [0.29, 0.717) is 22.3 Å². The van der Waals surface area contributed by atoms with Crippen molar-refractivity contribution in [3.63, 3.8) is 0 Å². The van der Waals surface area contributed by atoms with Crippen LogP contribution < -0.4 is 10.1 Å². The molecule has 2 unspecified atom stereocenters. The van der Waals surface area contributed by atoms with E-state index >= 15 is 0 Å². The van der Waals surface area contributed by atoms with Gasteiger partial charge in [-0.3, -0.25) is 15.0 Å². The van der Waals surface area contributed by atoms with Gasteiger partial charge in [0.05, 0.1) is 23.5 Å². The number of morpholine rings is 1. The second-order valence-corrected chi connectivity index (χ2v) is 8.21. The Labute approximate surface area is 179 Å². The van der Waals surface area contributed by atoms with Crippen molar-refractivity contribution < 1.29 is 14.3 Å². The molecule has 156 valence electrons. The van der Waals surface area contributed by atoms with Crippen LogP contribution >= 0.6 is 11.3 Å². The average Bonchev–Trinajstić information content (AvgIpc) is 3.15. The van der Waals surface area contributed by atoms with Crippen LogP contribution in [0.1, 0.15) is 29.9 Å². The van der Waals surface area contributed by atoms with E-state index in [1.54, 1.807) is 12.1 Å². The molecule has 1 aliphatic rings. The Balaban J connectivity index is 1.33. The summed E-state index contributed by atoms with van der Waals surface area (Å²) in [7, 11) is 0. The molecule has 0 spiro atoms. The number of rotatable bonds is 6. The molecule has 3 heterocycles. The third kappa shape index (κ3) is 5.41. The van der Waals surface area contributed by atoms with Crippen molar-refractivity contribution in [2.45, 2.75) is 32.6 Å². The van der Waals surface area contributed by atoms with Crippen molar-refractivity contribution in [1.29, 1.82) is 0 Å². The Morgan fingerprint density at radius 1 is 1.20 bits per heavy atom. The number of hydrogen-bond acceptors (Lipinski definition) is 7. The van der Waals surface area contributed by atoms with Crippen LogP contribution in [0.15, 0.2) is 54.0 Å². The molecule has 1 fully saturated rings. The number of nitrogens with zero attached hydrogens (tertiary/aromatic N) is 3. The van der Waals surface area contributed by atoms with Crippen LogP contribution in [0.3, 0.4) is 0 Å². The summed E-state index contributed by atoms with van der Waals surface area (Å²) >= 11 is 1.42. The lowest BCUT2D eigenvalue weighted by Crippen LogP contribution is -2.44. The van der Waals surface area contributed by atoms with Gasteiger partial charge in [-0.1, -0.05) is 18.2 Å². The number of aromatic nitrogens is 2. The molecule has 1 amide bonds. The smallest absolute Gasteiger partial charge is 0.259 e. The van der Waals surface area contributed by atoms with Crippen LogP contribution in [-0.4, -0.2) is 46.1 Å². The number of pyridine rings is 1. The third-order valence-electron chi connectivity index (χ3n) is 4.62. The van der Waals surface area contributed by atoms with E-state index < -0.39 is 0 Å². The summed E-state index contributed by atoms with van der Waals surface area (Å²) in [5.41, 5.74) is 1.39. The Kier molecular flexibility index (Phi) is 6.37. The van der Waals surface area contributed by atoms with E-state index in [1.807, 2.05) is 35.7 Å². The van der Waals surface area contributed by atoms with E-state index in [-0.39, 0.29) is 18.1 Å². The van der Waals surface area contributed by atoms with Crippen LogP contribution in [-0.2, 0) is 11.3 Å². The highest BCUT2D eigenvalue weighted by molar-refractivity contribution is 7.13. The number of amides is 1. The summed E-state index contributed by atoms with van der Waals surface area (Å²) in [6.45, 7) is 6.68. The highest BCUT2D eigenvalue weighted by atomic mass is 32.1. The minimum absolute atomic E-state index is 0.216. The molecule has 30 heavy (non-hydrogen) atoms. The van der Waals surface area contributed by atoms with Gasteiger partial charge in [0.2, 0.25) is 5.88 Å². The number of carbonyl (C=O) groups is 1. The minimum atomic E-state index is -0.247. The van der Waals surface area contributed by atoms with Gasteiger partial charge in [-0.2, -0.15) is 0 Å². The highest BCUT2D eigenvalue weighted by Gasteiger charge is 2.22. The molecule has 1 saturated heterocycles. The second kappa shape index (κ2) is 9.34. The lowest BCUT2D eigenvalue weighted by Gasteiger charge is -2.34. The van der Waals surface area contributed by atoms with Crippen LogP contribution in [0.25, 0.3) is 0 Å². The largest absolute Gasteiger partial charge is 0.439 e. The van der Waals surface area contributed by atoms with E-state index in [0.717, 1.165) is 25.3 Å². The van der Waals surface area contributed by atoms with E-state index in [9.17, 15) is 4.79 Å². The Bertz CT molecular complexity index is 968. The summed E-state index contributed by atoms with van der Waals surface area (Å²) in [4.78, 5) is 23.6. The molecule has 0 bridgehead atoms. The summed E-state index contributed by atoms with van der Waals surface area (Å²) in [6.07, 6.45) is 1.93. The average molecular weight is 425 g/mol. The van der Waals surface area contributed by atoms with E-state index in [2.05, 4.69) is 34.0 Å². The lowest BCUT2D eigenvalue weighted by molar-refractivity contribution is -0.0707. The Morgan fingerprint density at radius 2 is 1.97 bits per heavy atom. The van der Waals surface area contributed by atoms with Crippen molar-refractivity contribution in [2.75, 3.05) is 18.4 Å². The van der Waals surface area contributed by atoms with Gasteiger partial charge in [0.1, 0.15) is 5.75 Å². The zero-order valence-electron chi connectivity index (χ0n) is 16.9. The first-order valence-electron chi connectivity index (χ1n) is 9.87. The van der Waals surface area contributed by atoms with Gasteiger partial charge in [0.15, 0.2) is 5.13 Å². The number of para-hydroxylation sites is 1. The Hall–Kier alpha value is -2.81. The third-order valence-corrected chi connectivity index (χ3v) is 5.42. The van der Waals surface area contributed by atoms with E-state index in [1.165, 1.54) is 17.5 Å². The first-order chi connectivity index (χ1) is 14.5. The van der Waals surface area contributed by atoms with Crippen molar-refractivity contribution in [2.24, 2.45) is 0 Å².